The van der Waals surface area contributed by atoms with Crippen LogP contribution in [0.15, 0.2) is 60.9 Å². The van der Waals surface area contributed by atoms with Gasteiger partial charge in [-0.25, -0.2) is 9.78 Å². The second-order valence-corrected chi connectivity index (χ2v) is 10.3. The highest BCUT2D eigenvalue weighted by molar-refractivity contribution is 6.30. The first kappa shape index (κ1) is 25.4. The molecule has 0 radical (unpaired) electrons. The molecule has 1 unspecified atom stereocenters. The van der Waals surface area contributed by atoms with Crippen LogP contribution in [-0.2, 0) is 11.3 Å². The predicted octanol–water partition coefficient (Wildman–Crippen LogP) is 4.47. The van der Waals surface area contributed by atoms with Crippen LogP contribution < -0.4 is 15.5 Å². The van der Waals surface area contributed by atoms with Crippen LogP contribution in [0.3, 0.4) is 0 Å². The van der Waals surface area contributed by atoms with E-state index >= 15 is 0 Å². The van der Waals surface area contributed by atoms with Gasteiger partial charge in [0, 0.05) is 50.0 Å². The van der Waals surface area contributed by atoms with Gasteiger partial charge in [-0.15, -0.1) is 0 Å². The van der Waals surface area contributed by atoms with E-state index in [9.17, 15) is 4.79 Å². The van der Waals surface area contributed by atoms with Crippen LogP contribution in [0.1, 0.15) is 18.4 Å². The average molecular weight is 547 g/mol. The summed E-state index contributed by atoms with van der Waals surface area (Å²) in [5.74, 6) is 1.34. The number of fused-ring (bicyclic) bond motifs is 1. The number of nitrogens with zero attached hydrogens (tertiary/aromatic N) is 6. The highest BCUT2D eigenvalue weighted by atomic mass is 35.5. The van der Waals surface area contributed by atoms with Gasteiger partial charge >= 0.3 is 6.03 Å². The minimum Gasteiger partial charge on any atom is -0.376 e. The number of amides is 2. The minimum atomic E-state index is -0.131. The van der Waals surface area contributed by atoms with E-state index < -0.39 is 0 Å². The lowest BCUT2D eigenvalue weighted by atomic mass is 10.2. The van der Waals surface area contributed by atoms with Crippen molar-refractivity contribution in [1.29, 1.82) is 0 Å². The van der Waals surface area contributed by atoms with E-state index in [4.69, 9.17) is 26.3 Å². The third kappa shape index (κ3) is 5.91. The molecule has 1 atom stereocenters. The van der Waals surface area contributed by atoms with E-state index in [-0.39, 0.29) is 12.1 Å². The van der Waals surface area contributed by atoms with E-state index in [1.165, 1.54) is 5.56 Å². The first-order valence-corrected chi connectivity index (χ1v) is 13.7. The lowest BCUT2D eigenvalue weighted by molar-refractivity contribution is 0.120. The van der Waals surface area contributed by atoms with Crippen molar-refractivity contribution in [3.63, 3.8) is 0 Å². The van der Waals surface area contributed by atoms with Gasteiger partial charge in [0.05, 0.1) is 19.0 Å². The van der Waals surface area contributed by atoms with Gasteiger partial charge < -0.3 is 29.7 Å². The number of urea groups is 1. The minimum absolute atomic E-state index is 0.131. The van der Waals surface area contributed by atoms with Crippen LogP contribution in [0.5, 0.6) is 0 Å². The zero-order valence-electron chi connectivity index (χ0n) is 21.6. The highest BCUT2D eigenvalue weighted by Gasteiger charge is 2.25. The molecule has 0 spiro atoms. The molecule has 4 aromatic rings. The van der Waals surface area contributed by atoms with Gasteiger partial charge in [0.1, 0.15) is 0 Å². The Balaban J connectivity index is 1.20. The number of aromatic nitrogens is 4. The molecule has 0 bridgehead atoms. The van der Waals surface area contributed by atoms with Gasteiger partial charge in [-0.2, -0.15) is 9.97 Å². The first-order valence-electron chi connectivity index (χ1n) is 13.3. The van der Waals surface area contributed by atoms with Crippen molar-refractivity contribution in [3.05, 3.63) is 71.5 Å². The monoisotopic (exact) mass is 546 g/mol. The summed E-state index contributed by atoms with van der Waals surface area (Å²) in [5.41, 5.74) is 3.41. The summed E-state index contributed by atoms with van der Waals surface area (Å²) in [6.45, 7) is 4.51. The van der Waals surface area contributed by atoms with E-state index in [1.54, 1.807) is 29.2 Å². The van der Waals surface area contributed by atoms with E-state index in [0.29, 0.717) is 61.7 Å². The van der Waals surface area contributed by atoms with Gasteiger partial charge in [-0.1, -0.05) is 41.9 Å². The number of hydrogen-bond acceptors (Lipinski definition) is 7. The smallest absolute Gasteiger partial charge is 0.321 e. The first-order chi connectivity index (χ1) is 19.1. The molecule has 2 aromatic heterocycles. The van der Waals surface area contributed by atoms with Crippen molar-refractivity contribution >= 4 is 46.2 Å². The summed E-state index contributed by atoms with van der Waals surface area (Å²) in [4.78, 5) is 31.3. The van der Waals surface area contributed by atoms with Gasteiger partial charge in [0.2, 0.25) is 5.95 Å². The Morgan fingerprint density at radius 3 is 2.56 bits per heavy atom. The number of carbonyl (C=O) groups excluding carboxylic acids is 1. The van der Waals surface area contributed by atoms with E-state index in [2.05, 4.69) is 37.2 Å². The van der Waals surface area contributed by atoms with Crippen molar-refractivity contribution in [2.75, 3.05) is 54.9 Å². The standard InChI is InChI=1S/C28H31ClN8O2/c29-21-8-10-22(11-9-21)32-28(38)36-14-12-35(13-15-36)27-33-25(30-17-23-7-4-16-39-23)24-26(34-27)37(19-31-24)18-20-5-2-1-3-6-20/h1-3,5-6,8-11,19,23H,4,7,12-18H2,(H,32,38)(H,30,33,34). The summed E-state index contributed by atoms with van der Waals surface area (Å²) in [6, 6.07) is 17.2. The topological polar surface area (TPSA) is 100 Å². The Kier molecular flexibility index (Phi) is 7.46. The van der Waals surface area contributed by atoms with E-state index in [1.807, 2.05) is 24.5 Å². The van der Waals surface area contributed by atoms with Gasteiger partial charge in [0.15, 0.2) is 17.0 Å². The second-order valence-electron chi connectivity index (χ2n) is 9.83. The molecule has 2 aliphatic heterocycles. The fourth-order valence-electron chi connectivity index (χ4n) is 4.95. The fraction of sp³-hybridized carbons (Fsp3) is 0.357. The molecular weight excluding hydrogens is 516 g/mol. The Morgan fingerprint density at radius 2 is 1.82 bits per heavy atom. The molecule has 10 nitrogen and oxygen atoms in total. The van der Waals surface area contributed by atoms with Gasteiger partial charge in [-0.3, -0.25) is 0 Å². The van der Waals surface area contributed by atoms with Crippen molar-refractivity contribution < 1.29 is 9.53 Å². The van der Waals surface area contributed by atoms with Crippen LogP contribution in [-0.4, -0.2) is 75.9 Å². The molecule has 2 saturated heterocycles. The molecule has 2 fully saturated rings. The molecule has 2 amide bonds. The summed E-state index contributed by atoms with van der Waals surface area (Å²) in [7, 11) is 0. The number of benzene rings is 2. The number of carbonyl (C=O) groups is 1. The molecule has 0 aliphatic carbocycles. The van der Waals surface area contributed by atoms with Crippen LogP contribution in [0.4, 0.5) is 22.2 Å². The second kappa shape index (κ2) is 11.5. The Hall–Kier alpha value is -3.89. The molecule has 2 aromatic carbocycles. The Bertz CT molecular complexity index is 1420. The van der Waals surface area contributed by atoms with Gasteiger partial charge in [-0.05, 0) is 42.7 Å². The maximum Gasteiger partial charge on any atom is 0.321 e. The zero-order chi connectivity index (χ0) is 26.6. The van der Waals surface area contributed by atoms with Crippen LogP contribution in [0.2, 0.25) is 5.02 Å². The summed E-state index contributed by atoms with van der Waals surface area (Å²) < 4.78 is 7.87. The molecule has 6 rings (SSSR count). The van der Waals surface area contributed by atoms with Crippen LogP contribution >= 0.6 is 11.6 Å². The lowest BCUT2D eigenvalue weighted by Crippen LogP contribution is -2.50. The van der Waals surface area contributed by atoms with Crippen molar-refractivity contribution in [2.45, 2.75) is 25.5 Å². The number of rotatable bonds is 7. The molecule has 2 aliphatic rings. The number of hydrogen-bond donors (Lipinski definition) is 2. The quantitative estimate of drug-likeness (QED) is 0.352. The summed E-state index contributed by atoms with van der Waals surface area (Å²) in [6.07, 6.45) is 4.12. The number of nitrogens with one attached hydrogen (secondary N) is 2. The fourth-order valence-corrected chi connectivity index (χ4v) is 5.08. The number of ether oxygens (including phenoxy) is 1. The summed E-state index contributed by atoms with van der Waals surface area (Å²) >= 11 is 5.96. The van der Waals surface area contributed by atoms with Crippen molar-refractivity contribution in [3.8, 4) is 0 Å². The van der Waals surface area contributed by atoms with Crippen LogP contribution in [0, 0.1) is 0 Å². The number of imidazole rings is 1. The van der Waals surface area contributed by atoms with Gasteiger partial charge in [0.25, 0.3) is 0 Å². The number of halogens is 1. The largest absolute Gasteiger partial charge is 0.376 e. The Labute approximate surface area is 232 Å². The number of piperazine rings is 1. The third-order valence-corrected chi connectivity index (χ3v) is 7.37. The molecule has 2 N–H and O–H groups in total. The molecule has 4 heterocycles. The van der Waals surface area contributed by atoms with Crippen molar-refractivity contribution in [2.24, 2.45) is 0 Å². The molecule has 202 valence electrons. The predicted molar refractivity (Wildman–Crippen MR) is 153 cm³/mol. The Morgan fingerprint density at radius 1 is 1.03 bits per heavy atom. The zero-order valence-corrected chi connectivity index (χ0v) is 22.3. The molecule has 0 saturated carbocycles. The highest BCUT2D eigenvalue weighted by Crippen LogP contribution is 2.25. The maximum atomic E-state index is 12.8. The molecular formula is C28H31ClN8O2. The SMILES string of the molecule is O=C(Nc1ccc(Cl)cc1)N1CCN(c2nc(NCC3CCCO3)c3ncn(Cc4ccccc4)c3n2)CC1. The molecule has 39 heavy (non-hydrogen) atoms. The lowest BCUT2D eigenvalue weighted by Gasteiger charge is -2.34. The normalized spacial score (nSPS) is 17.5. The maximum absolute atomic E-state index is 12.8. The van der Waals surface area contributed by atoms with Crippen molar-refractivity contribution in [1.82, 2.24) is 24.4 Å². The summed E-state index contributed by atoms with van der Waals surface area (Å²) in [5, 5.41) is 7.06. The average Bonchev–Trinajstić information content (AvgIpc) is 3.64. The van der Waals surface area contributed by atoms with E-state index in [0.717, 1.165) is 30.6 Å². The van der Waals surface area contributed by atoms with Crippen LogP contribution in [0.25, 0.3) is 11.2 Å². The third-order valence-electron chi connectivity index (χ3n) is 7.11. The molecule has 11 heteroatoms. The number of anilines is 3.